The number of nitrogens with one attached hydrogen (secondary N) is 1. The summed E-state index contributed by atoms with van der Waals surface area (Å²) in [6.07, 6.45) is 6.30. The Morgan fingerprint density at radius 3 is 2.40 bits per heavy atom. The summed E-state index contributed by atoms with van der Waals surface area (Å²) in [5, 5.41) is 3.15. The molecular formula is C19H28N2O3S. The molecule has 5 nitrogen and oxygen atoms in total. The maximum atomic E-state index is 12.9. The predicted octanol–water partition coefficient (Wildman–Crippen LogP) is 2.84. The van der Waals surface area contributed by atoms with E-state index in [9.17, 15) is 13.2 Å². The van der Waals surface area contributed by atoms with Gasteiger partial charge in [0.1, 0.15) is 6.04 Å². The van der Waals surface area contributed by atoms with Gasteiger partial charge in [0.05, 0.1) is 11.9 Å². The normalized spacial score (nSPS) is 26.4. The van der Waals surface area contributed by atoms with Crippen molar-refractivity contribution in [3.05, 3.63) is 29.8 Å². The fourth-order valence-electron chi connectivity index (χ4n) is 4.45. The molecule has 0 radical (unpaired) electrons. The third kappa shape index (κ3) is 3.84. The maximum Gasteiger partial charge on any atom is 0.244 e. The summed E-state index contributed by atoms with van der Waals surface area (Å²) in [5.74, 6) is 1.13. The summed E-state index contributed by atoms with van der Waals surface area (Å²) >= 11 is 0. The topological polar surface area (TPSA) is 66.5 Å². The fraction of sp³-hybridized carbons (Fsp3) is 0.632. The lowest BCUT2D eigenvalue weighted by Crippen LogP contribution is -2.52. The Hall–Kier alpha value is -1.56. The van der Waals surface area contributed by atoms with Gasteiger partial charge in [-0.2, -0.15) is 0 Å². The molecule has 0 heterocycles. The Kier molecular flexibility index (Phi) is 5.09. The van der Waals surface area contributed by atoms with Crippen LogP contribution in [0.2, 0.25) is 0 Å². The third-order valence-corrected chi connectivity index (χ3v) is 6.86. The standard InChI is InChI=1S/C19H28N2O3S/c1-4-18(19(22)20-17-12-14-7-8-15(17)11-14)21(25(3,23)24)16-9-5-13(2)6-10-16/h5-6,9-10,14-15,17-18H,4,7-8,11-12H2,1-3H3,(H,20,22)/t14-,15-,17+,18+/m1/s1. The maximum absolute atomic E-state index is 12.9. The van der Waals surface area contributed by atoms with Gasteiger partial charge in [0.25, 0.3) is 0 Å². The molecule has 1 aromatic rings. The molecule has 0 aliphatic heterocycles. The van der Waals surface area contributed by atoms with Crippen LogP contribution in [0.15, 0.2) is 24.3 Å². The summed E-state index contributed by atoms with van der Waals surface area (Å²) < 4.78 is 26.1. The van der Waals surface area contributed by atoms with Crippen LogP contribution in [0.4, 0.5) is 5.69 Å². The highest BCUT2D eigenvalue weighted by atomic mass is 32.2. The number of carbonyl (C=O) groups is 1. The van der Waals surface area contributed by atoms with Gasteiger partial charge in [0.2, 0.25) is 15.9 Å². The Morgan fingerprint density at radius 1 is 1.24 bits per heavy atom. The number of benzene rings is 1. The van der Waals surface area contributed by atoms with E-state index in [1.54, 1.807) is 12.1 Å². The predicted molar refractivity (Wildman–Crippen MR) is 100.0 cm³/mol. The number of sulfonamides is 1. The van der Waals surface area contributed by atoms with Gasteiger partial charge in [-0.3, -0.25) is 9.10 Å². The number of nitrogens with zero attached hydrogens (tertiary/aromatic N) is 1. The molecule has 138 valence electrons. The number of anilines is 1. The van der Waals surface area contributed by atoms with Crippen molar-refractivity contribution in [1.29, 1.82) is 0 Å². The Labute approximate surface area is 150 Å². The number of aryl methyl sites for hydroxylation is 1. The third-order valence-electron chi connectivity index (χ3n) is 5.68. The quantitative estimate of drug-likeness (QED) is 0.844. The van der Waals surface area contributed by atoms with E-state index in [0.29, 0.717) is 18.0 Å². The fourth-order valence-corrected chi connectivity index (χ4v) is 5.66. The molecule has 2 aliphatic carbocycles. The molecular weight excluding hydrogens is 336 g/mol. The summed E-state index contributed by atoms with van der Waals surface area (Å²) in [7, 11) is -3.56. The Morgan fingerprint density at radius 2 is 1.92 bits per heavy atom. The summed E-state index contributed by atoms with van der Waals surface area (Å²) in [4.78, 5) is 12.9. The number of carbonyl (C=O) groups excluding carboxylic acids is 1. The van der Waals surface area contributed by atoms with E-state index in [-0.39, 0.29) is 11.9 Å². The van der Waals surface area contributed by atoms with Crippen LogP contribution in [0.5, 0.6) is 0 Å². The minimum absolute atomic E-state index is 0.175. The number of rotatable bonds is 6. The molecule has 2 aliphatic rings. The van der Waals surface area contributed by atoms with Crippen molar-refractivity contribution >= 4 is 21.6 Å². The molecule has 4 atom stereocenters. The smallest absolute Gasteiger partial charge is 0.244 e. The van der Waals surface area contributed by atoms with Crippen molar-refractivity contribution in [2.45, 2.75) is 58.0 Å². The first-order valence-electron chi connectivity index (χ1n) is 9.16. The van der Waals surface area contributed by atoms with Crippen LogP contribution in [0.3, 0.4) is 0 Å². The molecule has 1 amide bonds. The van der Waals surface area contributed by atoms with E-state index >= 15 is 0 Å². The zero-order valence-corrected chi connectivity index (χ0v) is 16.1. The van der Waals surface area contributed by atoms with Crippen molar-refractivity contribution in [2.24, 2.45) is 11.8 Å². The highest BCUT2D eigenvalue weighted by molar-refractivity contribution is 7.92. The van der Waals surface area contributed by atoms with Crippen LogP contribution in [0, 0.1) is 18.8 Å². The van der Waals surface area contributed by atoms with Gasteiger partial charge in [-0.25, -0.2) is 8.42 Å². The molecule has 1 aromatic carbocycles. The van der Waals surface area contributed by atoms with Crippen molar-refractivity contribution in [3.8, 4) is 0 Å². The van der Waals surface area contributed by atoms with Crippen molar-refractivity contribution in [2.75, 3.05) is 10.6 Å². The van der Waals surface area contributed by atoms with Gasteiger partial charge < -0.3 is 5.32 Å². The van der Waals surface area contributed by atoms with Gasteiger partial charge in [-0.05, 0) is 56.6 Å². The second-order valence-electron chi connectivity index (χ2n) is 7.61. The average molecular weight is 365 g/mol. The highest BCUT2D eigenvalue weighted by Crippen LogP contribution is 2.44. The average Bonchev–Trinajstić information content (AvgIpc) is 3.15. The number of fused-ring (bicyclic) bond motifs is 2. The Balaban J connectivity index is 1.82. The van der Waals surface area contributed by atoms with E-state index in [1.165, 1.54) is 29.8 Å². The van der Waals surface area contributed by atoms with Gasteiger partial charge in [-0.1, -0.05) is 31.0 Å². The molecule has 2 bridgehead atoms. The summed E-state index contributed by atoms with van der Waals surface area (Å²) in [6.45, 7) is 3.81. The molecule has 6 heteroatoms. The van der Waals surface area contributed by atoms with E-state index in [0.717, 1.165) is 17.9 Å². The van der Waals surface area contributed by atoms with Crippen LogP contribution >= 0.6 is 0 Å². The van der Waals surface area contributed by atoms with Crippen molar-refractivity contribution < 1.29 is 13.2 Å². The zero-order chi connectivity index (χ0) is 18.2. The number of hydrogen-bond acceptors (Lipinski definition) is 3. The molecule has 0 saturated heterocycles. The lowest BCUT2D eigenvalue weighted by atomic mass is 9.95. The molecule has 1 N–H and O–H groups in total. The largest absolute Gasteiger partial charge is 0.351 e. The van der Waals surface area contributed by atoms with Crippen LogP contribution in [0.25, 0.3) is 0 Å². The Bertz CT molecular complexity index is 730. The minimum Gasteiger partial charge on any atom is -0.351 e. The number of amides is 1. The molecule has 0 aromatic heterocycles. The lowest BCUT2D eigenvalue weighted by Gasteiger charge is -2.32. The first-order valence-corrected chi connectivity index (χ1v) is 11.0. The second kappa shape index (κ2) is 6.98. The molecule has 2 saturated carbocycles. The molecule has 3 rings (SSSR count). The molecule has 2 fully saturated rings. The molecule has 0 spiro atoms. The van der Waals surface area contributed by atoms with Crippen molar-refractivity contribution in [3.63, 3.8) is 0 Å². The number of hydrogen-bond donors (Lipinski definition) is 1. The summed E-state index contributed by atoms with van der Waals surface area (Å²) in [6, 6.07) is 6.77. The van der Waals surface area contributed by atoms with Gasteiger partial charge in [0, 0.05) is 6.04 Å². The van der Waals surface area contributed by atoms with Crippen LogP contribution in [-0.4, -0.2) is 32.7 Å². The van der Waals surface area contributed by atoms with E-state index < -0.39 is 16.1 Å². The van der Waals surface area contributed by atoms with Crippen LogP contribution < -0.4 is 9.62 Å². The zero-order valence-electron chi connectivity index (χ0n) is 15.2. The SMILES string of the molecule is CC[C@@H](C(=O)N[C@H]1C[C@@H]2CC[C@@H]1C2)N(c1ccc(C)cc1)S(C)(=O)=O. The first kappa shape index (κ1) is 18.2. The van der Waals surface area contributed by atoms with E-state index in [4.69, 9.17) is 0 Å². The summed E-state index contributed by atoms with van der Waals surface area (Å²) in [5.41, 5.74) is 1.60. The van der Waals surface area contributed by atoms with E-state index in [1.807, 2.05) is 26.0 Å². The highest BCUT2D eigenvalue weighted by Gasteiger charge is 2.41. The van der Waals surface area contributed by atoms with Crippen LogP contribution in [0.1, 0.15) is 44.6 Å². The van der Waals surface area contributed by atoms with Crippen LogP contribution in [-0.2, 0) is 14.8 Å². The van der Waals surface area contributed by atoms with Crippen molar-refractivity contribution in [1.82, 2.24) is 5.32 Å². The minimum atomic E-state index is -3.56. The van der Waals surface area contributed by atoms with E-state index in [2.05, 4.69) is 5.32 Å². The monoisotopic (exact) mass is 364 g/mol. The lowest BCUT2D eigenvalue weighted by molar-refractivity contribution is -0.123. The molecule has 25 heavy (non-hydrogen) atoms. The second-order valence-corrected chi connectivity index (χ2v) is 9.47. The molecule has 0 unspecified atom stereocenters. The van der Waals surface area contributed by atoms with Gasteiger partial charge in [-0.15, -0.1) is 0 Å². The first-order chi connectivity index (χ1) is 11.8. The van der Waals surface area contributed by atoms with Gasteiger partial charge in [0.15, 0.2) is 0 Å². The van der Waals surface area contributed by atoms with Gasteiger partial charge >= 0.3 is 0 Å².